The van der Waals surface area contributed by atoms with Crippen LogP contribution in [0.15, 0.2) is 59.8 Å². The van der Waals surface area contributed by atoms with Gasteiger partial charge in [0.15, 0.2) is 5.84 Å². The summed E-state index contributed by atoms with van der Waals surface area (Å²) in [5.41, 5.74) is 5.87. The monoisotopic (exact) mass is 419 g/mol. The van der Waals surface area contributed by atoms with E-state index in [1.165, 1.54) is 17.8 Å². The molecule has 0 amide bonds. The highest BCUT2D eigenvalue weighted by atomic mass is 19.1. The smallest absolute Gasteiger partial charge is 0.190 e. The number of nitrogens with one attached hydrogen (secondary N) is 1. The number of amidine groups is 1. The van der Waals surface area contributed by atoms with Gasteiger partial charge in [-0.15, -0.1) is 0 Å². The zero-order valence-corrected chi connectivity index (χ0v) is 17.3. The van der Waals surface area contributed by atoms with Gasteiger partial charge in [0.1, 0.15) is 5.82 Å². The zero-order valence-electron chi connectivity index (χ0n) is 17.3. The van der Waals surface area contributed by atoms with Gasteiger partial charge in [-0.1, -0.05) is 12.1 Å². The highest BCUT2D eigenvalue weighted by Gasteiger charge is 2.25. The standard InChI is InChI=1S/C23H26FN7/c24-19-4-2-16(3-5-19)17-13-22-23(28-25)31(26)21-7-6-20(12-18(21)15-30(22)14-17)29-10-1-8-27-9-11-29/h2-7,12-14,27H,1,8-11,15,25-26H2/b28-23-. The van der Waals surface area contributed by atoms with Crippen LogP contribution in [-0.2, 0) is 6.54 Å². The molecule has 5 N–H and O–H groups in total. The van der Waals surface area contributed by atoms with Crippen LogP contribution in [0.3, 0.4) is 0 Å². The molecule has 0 radical (unpaired) electrons. The number of nitrogens with zero attached hydrogens (tertiary/aromatic N) is 4. The molecule has 160 valence electrons. The second-order valence-corrected chi connectivity index (χ2v) is 7.98. The maximum absolute atomic E-state index is 13.4. The summed E-state index contributed by atoms with van der Waals surface area (Å²) in [6.45, 7) is 4.67. The first-order valence-corrected chi connectivity index (χ1v) is 10.5. The van der Waals surface area contributed by atoms with Crippen LogP contribution in [0.4, 0.5) is 15.8 Å². The Hall–Kier alpha value is -3.36. The fourth-order valence-electron chi connectivity index (χ4n) is 4.41. The van der Waals surface area contributed by atoms with Gasteiger partial charge < -0.3 is 20.6 Å². The van der Waals surface area contributed by atoms with Crippen molar-refractivity contribution in [2.45, 2.75) is 13.0 Å². The third-order valence-corrected chi connectivity index (χ3v) is 6.02. The van der Waals surface area contributed by atoms with E-state index in [2.05, 4.69) is 32.0 Å². The molecule has 3 heterocycles. The summed E-state index contributed by atoms with van der Waals surface area (Å²) in [5.74, 6) is 12.5. The van der Waals surface area contributed by atoms with E-state index in [4.69, 9.17) is 11.7 Å². The molecule has 3 aromatic rings. The van der Waals surface area contributed by atoms with E-state index in [0.717, 1.165) is 60.7 Å². The van der Waals surface area contributed by atoms with Crippen molar-refractivity contribution in [2.75, 3.05) is 36.1 Å². The summed E-state index contributed by atoms with van der Waals surface area (Å²) < 4.78 is 15.5. The highest BCUT2D eigenvalue weighted by molar-refractivity contribution is 6.09. The van der Waals surface area contributed by atoms with Crippen molar-refractivity contribution >= 4 is 17.2 Å². The molecule has 0 saturated carbocycles. The number of anilines is 2. The third-order valence-electron chi connectivity index (χ3n) is 6.02. The van der Waals surface area contributed by atoms with Crippen molar-refractivity contribution in [3.63, 3.8) is 0 Å². The van der Waals surface area contributed by atoms with Gasteiger partial charge in [-0.05, 0) is 60.5 Å². The van der Waals surface area contributed by atoms with Gasteiger partial charge in [0.2, 0.25) is 0 Å². The molecule has 5 rings (SSSR count). The predicted octanol–water partition coefficient (Wildman–Crippen LogP) is 2.46. The number of hydrazine groups is 1. The van der Waals surface area contributed by atoms with E-state index < -0.39 is 0 Å². The van der Waals surface area contributed by atoms with E-state index in [-0.39, 0.29) is 5.82 Å². The Bertz CT molecular complexity index is 1110. The number of hydrogen-bond acceptors (Lipinski definition) is 5. The van der Waals surface area contributed by atoms with E-state index in [1.807, 2.05) is 18.3 Å². The van der Waals surface area contributed by atoms with E-state index in [0.29, 0.717) is 12.4 Å². The molecule has 2 aliphatic heterocycles. The van der Waals surface area contributed by atoms with Crippen LogP contribution in [-0.4, -0.2) is 36.6 Å². The van der Waals surface area contributed by atoms with Gasteiger partial charge in [0.25, 0.3) is 0 Å². The molecule has 0 aliphatic carbocycles. The fraction of sp³-hybridized carbons (Fsp3) is 0.261. The van der Waals surface area contributed by atoms with Gasteiger partial charge in [-0.2, -0.15) is 5.10 Å². The number of nitrogens with two attached hydrogens (primary N) is 2. The van der Waals surface area contributed by atoms with Crippen LogP contribution in [0, 0.1) is 5.82 Å². The molecule has 0 unspecified atom stereocenters. The topological polar surface area (TPSA) is 87.8 Å². The molecular formula is C23H26FN7. The number of aromatic nitrogens is 1. The maximum atomic E-state index is 13.4. The summed E-state index contributed by atoms with van der Waals surface area (Å²) in [7, 11) is 0. The van der Waals surface area contributed by atoms with Crippen molar-refractivity contribution in [1.82, 2.24) is 9.88 Å². The van der Waals surface area contributed by atoms with Gasteiger partial charge in [-0.25, -0.2) is 10.2 Å². The molecule has 1 fully saturated rings. The summed E-state index contributed by atoms with van der Waals surface area (Å²) in [6.07, 6.45) is 3.16. The number of fused-ring (bicyclic) bond motifs is 2. The van der Waals surface area contributed by atoms with Gasteiger partial charge in [0.05, 0.1) is 11.4 Å². The minimum absolute atomic E-state index is 0.257. The van der Waals surface area contributed by atoms with Crippen LogP contribution in [0.2, 0.25) is 0 Å². The summed E-state index contributed by atoms with van der Waals surface area (Å²) in [5, 5.41) is 8.99. The highest BCUT2D eigenvalue weighted by Crippen LogP contribution is 2.32. The minimum Gasteiger partial charge on any atom is -0.370 e. The largest absolute Gasteiger partial charge is 0.370 e. The second-order valence-electron chi connectivity index (χ2n) is 7.98. The molecule has 2 aromatic carbocycles. The summed E-state index contributed by atoms with van der Waals surface area (Å²) >= 11 is 0. The Morgan fingerprint density at radius 2 is 1.81 bits per heavy atom. The van der Waals surface area contributed by atoms with Crippen molar-refractivity contribution < 1.29 is 4.39 Å². The fourth-order valence-corrected chi connectivity index (χ4v) is 4.41. The van der Waals surface area contributed by atoms with Crippen LogP contribution in [0.25, 0.3) is 11.1 Å². The lowest BCUT2D eigenvalue weighted by molar-refractivity contribution is 0.628. The first-order valence-electron chi connectivity index (χ1n) is 10.5. The Balaban J connectivity index is 1.55. The van der Waals surface area contributed by atoms with Crippen molar-refractivity contribution in [3.8, 4) is 11.1 Å². The first kappa shape index (κ1) is 19.6. The molecule has 8 heteroatoms. The lowest BCUT2D eigenvalue weighted by atomic mass is 10.1. The van der Waals surface area contributed by atoms with Gasteiger partial charge in [0, 0.05) is 43.6 Å². The molecule has 31 heavy (non-hydrogen) atoms. The Kier molecular flexibility index (Phi) is 5.09. The molecule has 0 bridgehead atoms. The Morgan fingerprint density at radius 3 is 2.61 bits per heavy atom. The number of benzene rings is 2. The van der Waals surface area contributed by atoms with Crippen LogP contribution < -0.4 is 26.9 Å². The normalized spacial score (nSPS) is 17.8. The second kappa shape index (κ2) is 8.05. The molecule has 2 aliphatic rings. The summed E-state index contributed by atoms with van der Waals surface area (Å²) in [4.78, 5) is 2.41. The SMILES string of the molecule is N/N=C1/c2cc(-c3ccc(F)cc3)cn2Cc2cc(N3CCCNCC3)ccc2N1N. The molecule has 1 aromatic heterocycles. The molecule has 7 nitrogen and oxygen atoms in total. The molecule has 0 spiro atoms. The average Bonchev–Trinajstić information content (AvgIpc) is 2.96. The Morgan fingerprint density at radius 1 is 0.968 bits per heavy atom. The first-order chi connectivity index (χ1) is 15.1. The van der Waals surface area contributed by atoms with E-state index >= 15 is 0 Å². The van der Waals surface area contributed by atoms with Crippen molar-refractivity contribution in [2.24, 2.45) is 16.8 Å². The molecular weight excluding hydrogens is 393 g/mol. The van der Waals surface area contributed by atoms with Crippen LogP contribution in [0.1, 0.15) is 17.7 Å². The number of hydrazone groups is 1. The number of halogens is 1. The van der Waals surface area contributed by atoms with Gasteiger partial charge >= 0.3 is 0 Å². The Labute approximate surface area is 180 Å². The number of rotatable bonds is 2. The zero-order chi connectivity index (χ0) is 21.4. The molecule has 1 saturated heterocycles. The quantitative estimate of drug-likeness (QED) is 0.439. The maximum Gasteiger partial charge on any atom is 0.190 e. The van der Waals surface area contributed by atoms with Crippen LogP contribution >= 0.6 is 0 Å². The third kappa shape index (κ3) is 3.64. The van der Waals surface area contributed by atoms with Crippen LogP contribution in [0.5, 0.6) is 0 Å². The average molecular weight is 420 g/mol. The van der Waals surface area contributed by atoms with E-state index in [9.17, 15) is 4.39 Å². The summed E-state index contributed by atoms with van der Waals surface area (Å²) in [6, 6.07) is 14.8. The van der Waals surface area contributed by atoms with E-state index in [1.54, 1.807) is 17.1 Å². The predicted molar refractivity (Wildman–Crippen MR) is 122 cm³/mol. The van der Waals surface area contributed by atoms with Crippen molar-refractivity contribution in [3.05, 3.63) is 71.8 Å². The van der Waals surface area contributed by atoms with Gasteiger partial charge in [-0.3, -0.25) is 5.01 Å². The van der Waals surface area contributed by atoms with Crippen molar-refractivity contribution in [1.29, 1.82) is 0 Å². The minimum atomic E-state index is -0.257. The lowest BCUT2D eigenvalue weighted by Gasteiger charge is -2.25. The lowest BCUT2D eigenvalue weighted by Crippen LogP contribution is -2.39. The number of hydrogen-bond donors (Lipinski definition) is 3. The molecule has 0 atom stereocenters.